The molecule has 94 valence electrons. The van der Waals surface area contributed by atoms with Gasteiger partial charge in [0.15, 0.2) is 0 Å². The Bertz CT molecular complexity index is 545. The molecule has 4 heteroatoms. The SMILES string of the molecule is COC(=O)c1ccc(COc2ccccc2C)s1. The van der Waals surface area contributed by atoms with Gasteiger partial charge >= 0.3 is 5.97 Å². The number of rotatable bonds is 4. The second kappa shape index (κ2) is 5.69. The van der Waals surface area contributed by atoms with Gasteiger partial charge in [0.2, 0.25) is 0 Å². The first kappa shape index (κ1) is 12.6. The van der Waals surface area contributed by atoms with Gasteiger partial charge in [0.05, 0.1) is 7.11 Å². The minimum Gasteiger partial charge on any atom is -0.488 e. The van der Waals surface area contributed by atoms with Crippen molar-refractivity contribution in [2.75, 3.05) is 7.11 Å². The van der Waals surface area contributed by atoms with Crippen LogP contribution < -0.4 is 4.74 Å². The van der Waals surface area contributed by atoms with Crippen molar-refractivity contribution < 1.29 is 14.3 Å². The summed E-state index contributed by atoms with van der Waals surface area (Å²) in [6.07, 6.45) is 0. The maximum absolute atomic E-state index is 11.3. The van der Waals surface area contributed by atoms with Crippen molar-refractivity contribution in [1.29, 1.82) is 0 Å². The lowest BCUT2D eigenvalue weighted by Crippen LogP contribution is -1.97. The fourth-order valence-corrected chi connectivity index (χ4v) is 2.37. The van der Waals surface area contributed by atoms with Gasteiger partial charge in [-0.1, -0.05) is 18.2 Å². The molecule has 1 aromatic heterocycles. The number of thiophene rings is 1. The van der Waals surface area contributed by atoms with Gasteiger partial charge in [0.25, 0.3) is 0 Å². The molecule has 0 fully saturated rings. The number of para-hydroxylation sites is 1. The van der Waals surface area contributed by atoms with E-state index < -0.39 is 0 Å². The smallest absolute Gasteiger partial charge is 0.348 e. The number of esters is 1. The highest BCUT2D eigenvalue weighted by Crippen LogP contribution is 2.21. The molecular weight excluding hydrogens is 248 g/mol. The zero-order chi connectivity index (χ0) is 13.0. The fraction of sp³-hybridized carbons (Fsp3) is 0.214. The third-order valence-corrected chi connectivity index (χ3v) is 3.55. The first-order valence-electron chi connectivity index (χ1n) is 5.56. The van der Waals surface area contributed by atoms with E-state index in [1.165, 1.54) is 18.4 Å². The van der Waals surface area contributed by atoms with Crippen molar-refractivity contribution in [3.63, 3.8) is 0 Å². The van der Waals surface area contributed by atoms with Crippen LogP contribution in [0.1, 0.15) is 20.1 Å². The zero-order valence-electron chi connectivity index (χ0n) is 10.3. The van der Waals surface area contributed by atoms with Crippen LogP contribution in [0.3, 0.4) is 0 Å². The molecule has 0 spiro atoms. The Balaban J connectivity index is 2.01. The summed E-state index contributed by atoms with van der Waals surface area (Å²) in [5.41, 5.74) is 1.10. The Hall–Kier alpha value is -1.81. The van der Waals surface area contributed by atoms with Crippen LogP contribution in [-0.2, 0) is 11.3 Å². The normalized spacial score (nSPS) is 10.1. The molecule has 0 unspecified atom stereocenters. The predicted octanol–water partition coefficient (Wildman–Crippen LogP) is 3.42. The molecule has 2 rings (SSSR count). The largest absolute Gasteiger partial charge is 0.488 e. The number of methoxy groups -OCH3 is 1. The highest BCUT2D eigenvalue weighted by atomic mass is 32.1. The van der Waals surface area contributed by atoms with Gasteiger partial charge in [0, 0.05) is 4.88 Å². The Labute approximate surface area is 110 Å². The van der Waals surface area contributed by atoms with Gasteiger partial charge in [-0.25, -0.2) is 4.79 Å². The standard InChI is InChI=1S/C14H14O3S/c1-10-5-3-4-6-12(10)17-9-11-7-8-13(18-11)14(15)16-2/h3-8H,9H2,1-2H3. The number of hydrogen-bond donors (Lipinski definition) is 0. The Morgan fingerprint density at radius 3 is 2.72 bits per heavy atom. The Morgan fingerprint density at radius 2 is 2.00 bits per heavy atom. The Morgan fingerprint density at radius 1 is 1.22 bits per heavy atom. The molecule has 0 radical (unpaired) electrons. The molecule has 0 saturated heterocycles. The van der Waals surface area contributed by atoms with Crippen LogP contribution in [0.15, 0.2) is 36.4 Å². The second-order valence-electron chi connectivity index (χ2n) is 3.81. The van der Waals surface area contributed by atoms with E-state index in [1.54, 1.807) is 6.07 Å². The summed E-state index contributed by atoms with van der Waals surface area (Å²) >= 11 is 1.39. The van der Waals surface area contributed by atoms with Gasteiger partial charge in [0.1, 0.15) is 17.2 Å². The maximum atomic E-state index is 11.3. The summed E-state index contributed by atoms with van der Waals surface area (Å²) in [6.45, 7) is 2.47. The predicted molar refractivity (Wildman–Crippen MR) is 71.2 cm³/mol. The van der Waals surface area contributed by atoms with Gasteiger partial charge < -0.3 is 9.47 Å². The van der Waals surface area contributed by atoms with Crippen molar-refractivity contribution >= 4 is 17.3 Å². The van der Waals surface area contributed by atoms with Crippen LogP contribution in [0.4, 0.5) is 0 Å². The topological polar surface area (TPSA) is 35.5 Å². The number of carbonyl (C=O) groups is 1. The molecular formula is C14H14O3S. The lowest BCUT2D eigenvalue weighted by Gasteiger charge is -2.06. The minimum absolute atomic E-state index is 0.304. The molecule has 0 aliphatic heterocycles. The van der Waals surface area contributed by atoms with Crippen molar-refractivity contribution in [1.82, 2.24) is 0 Å². The molecule has 0 atom stereocenters. The van der Waals surface area contributed by atoms with E-state index in [9.17, 15) is 4.79 Å². The van der Waals surface area contributed by atoms with E-state index >= 15 is 0 Å². The van der Waals surface area contributed by atoms with E-state index in [1.807, 2.05) is 37.3 Å². The first-order chi connectivity index (χ1) is 8.70. The lowest BCUT2D eigenvalue weighted by atomic mass is 10.2. The number of hydrogen-bond acceptors (Lipinski definition) is 4. The fourth-order valence-electron chi connectivity index (χ4n) is 1.53. The zero-order valence-corrected chi connectivity index (χ0v) is 11.1. The molecule has 18 heavy (non-hydrogen) atoms. The molecule has 1 heterocycles. The maximum Gasteiger partial charge on any atom is 0.348 e. The van der Waals surface area contributed by atoms with E-state index in [4.69, 9.17) is 4.74 Å². The average molecular weight is 262 g/mol. The molecule has 0 aliphatic carbocycles. The number of ether oxygens (including phenoxy) is 2. The van der Waals surface area contributed by atoms with Crippen molar-refractivity contribution in [3.8, 4) is 5.75 Å². The highest BCUT2D eigenvalue weighted by Gasteiger charge is 2.09. The summed E-state index contributed by atoms with van der Waals surface area (Å²) in [7, 11) is 1.38. The lowest BCUT2D eigenvalue weighted by molar-refractivity contribution is 0.0606. The van der Waals surface area contributed by atoms with E-state index in [2.05, 4.69) is 4.74 Å². The summed E-state index contributed by atoms with van der Waals surface area (Å²) in [5, 5.41) is 0. The van der Waals surface area contributed by atoms with Crippen molar-refractivity contribution in [2.45, 2.75) is 13.5 Å². The molecule has 0 aliphatic rings. The molecule has 3 nitrogen and oxygen atoms in total. The van der Waals surface area contributed by atoms with Crippen molar-refractivity contribution in [3.05, 3.63) is 51.7 Å². The summed E-state index contributed by atoms with van der Waals surface area (Å²) in [5.74, 6) is 0.563. The molecule has 0 N–H and O–H groups in total. The van der Waals surface area contributed by atoms with Gasteiger partial charge in [-0.05, 0) is 30.7 Å². The van der Waals surface area contributed by atoms with Gasteiger partial charge in [-0.2, -0.15) is 0 Å². The monoisotopic (exact) mass is 262 g/mol. The van der Waals surface area contributed by atoms with Gasteiger partial charge in [-0.3, -0.25) is 0 Å². The first-order valence-corrected chi connectivity index (χ1v) is 6.38. The van der Waals surface area contributed by atoms with Crippen LogP contribution in [0, 0.1) is 6.92 Å². The van der Waals surface area contributed by atoms with Crippen LogP contribution in [0.2, 0.25) is 0 Å². The molecule has 0 saturated carbocycles. The number of aryl methyl sites for hydroxylation is 1. The molecule has 1 aromatic carbocycles. The van der Waals surface area contributed by atoms with E-state index in [0.29, 0.717) is 11.5 Å². The number of carbonyl (C=O) groups excluding carboxylic acids is 1. The van der Waals surface area contributed by atoms with Crippen LogP contribution in [0.25, 0.3) is 0 Å². The number of benzene rings is 1. The summed E-state index contributed by atoms with van der Waals surface area (Å²) in [4.78, 5) is 12.9. The summed E-state index contributed by atoms with van der Waals surface area (Å²) < 4.78 is 10.4. The molecule has 2 aromatic rings. The highest BCUT2D eigenvalue weighted by molar-refractivity contribution is 7.13. The average Bonchev–Trinajstić information content (AvgIpc) is 2.86. The third-order valence-electron chi connectivity index (χ3n) is 2.51. The molecule has 0 bridgehead atoms. The second-order valence-corrected chi connectivity index (χ2v) is 4.98. The third kappa shape index (κ3) is 2.90. The minimum atomic E-state index is -0.304. The summed E-state index contributed by atoms with van der Waals surface area (Å²) in [6, 6.07) is 11.5. The quantitative estimate of drug-likeness (QED) is 0.792. The van der Waals surface area contributed by atoms with E-state index in [0.717, 1.165) is 16.2 Å². The molecule has 0 amide bonds. The van der Waals surface area contributed by atoms with Crippen LogP contribution >= 0.6 is 11.3 Å². The van der Waals surface area contributed by atoms with Crippen LogP contribution in [-0.4, -0.2) is 13.1 Å². The Kier molecular flexibility index (Phi) is 3.99. The van der Waals surface area contributed by atoms with Crippen LogP contribution in [0.5, 0.6) is 5.75 Å². The van der Waals surface area contributed by atoms with Crippen molar-refractivity contribution in [2.24, 2.45) is 0 Å². The van der Waals surface area contributed by atoms with E-state index in [-0.39, 0.29) is 5.97 Å². The van der Waals surface area contributed by atoms with Gasteiger partial charge in [-0.15, -0.1) is 11.3 Å².